The fraction of sp³-hybridized carbons (Fsp3) is 0.333. The van der Waals surface area contributed by atoms with Crippen LogP contribution in [0.3, 0.4) is 0 Å². The van der Waals surface area contributed by atoms with Gasteiger partial charge in [0.15, 0.2) is 0 Å². The highest BCUT2D eigenvalue weighted by atomic mass is 32.2. The van der Waals surface area contributed by atoms with Crippen LogP contribution in [0.5, 0.6) is 0 Å². The Balaban J connectivity index is 2.54. The first-order valence-corrected chi connectivity index (χ1v) is 5.49. The van der Waals surface area contributed by atoms with E-state index >= 15 is 0 Å². The minimum absolute atomic E-state index is 0.725. The highest BCUT2D eigenvalue weighted by Crippen LogP contribution is 2.20. The van der Waals surface area contributed by atoms with E-state index in [0.29, 0.717) is 0 Å². The van der Waals surface area contributed by atoms with Gasteiger partial charge < -0.3 is 5.11 Å². The van der Waals surface area contributed by atoms with E-state index in [0.717, 1.165) is 0 Å². The number of benzene rings is 1. The number of thioether (sulfide) groups is 1. The molecular formula is C12H16OS. The summed E-state index contributed by atoms with van der Waals surface area (Å²) in [6.45, 7) is 5.60. The van der Waals surface area contributed by atoms with Gasteiger partial charge in [0.05, 0.1) is 5.60 Å². The summed E-state index contributed by atoms with van der Waals surface area (Å²) in [6, 6.07) is 8.32. The average Bonchev–Trinajstić information content (AvgIpc) is 2.06. The van der Waals surface area contributed by atoms with Gasteiger partial charge in [-0.15, -0.1) is 0 Å². The monoisotopic (exact) mass is 208 g/mol. The molecule has 0 amide bonds. The van der Waals surface area contributed by atoms with Crippen molar-refractivity contribution in [3.05, 3.63) is 41.3 Å². The number of aliphatic hydroxyl groups is 1. The molecule has 0 aliphatic heterocycles. The zero-order valence-corrected chi connectivity index (χ0v) is 9.64. The quantitative estimate of drug-likeness (QED) is 0.768. The van der Waals surface area contributed by atoms with Crippen molar-refractivity contribution in [2.75, 3.05) is 0 Å². The van der Waals surface area contributed by atoms with Crippen LogP contribution < -0.4 is 0 Å². The Morgan fingerprint density at radius 1 is 1.21 bits per heavy atom. The van der Waals surface area contributed by atoms with Crippen molar-refractivity contribution in [1.82, 2.24) is 0 Å². The van der Waals surface area contributed by atoms with E-state index in [4.69, 9.17) is 0 Å². The zero-order chi connectivity index (χ0) is 10.6. The number of hydrogen-bond donors (Lipinski definition) is 1. The van der Waals surface area contributed by atoms with Gasteiger partial charge >= 0.3 is 0 Å². The van der Waals surface area contributed by atoms with Gasteiger partial charge in [0.2, 0.25) is 0 Å². The van der Waals surface area contributed by atoms with Gasteiger partial charge in [0, 0.05) is 4.90 Å². The Hall–Kier alpha value is -0.730. The molecule has 1 nitrogen and oxygen atoms in total. The van der Waals surface area contributed by atoms with Gasteiger partial charge in [-0.05, 0) is 44.4 Å². The molecule has 1 N–H and O–H groups in total. The van der Waals surface area contributed by atoms with Crippen molar-refractivity contribution in [3.63, 3.8) is 0 Å². The highest BCUT2D eigenvalue weighted by Gasteiger charge is 2.05. The predicted molar refractivity (Wildman–Crippen MR) is 62.5 cm³/mol. The Morgan fingerprint density at radius 3 is 2.29 bits per heavy atom. The second kappa shape index (κ2) is 4.67. The molecule has 0 fully saturated rings. The summed E-state index contributed by atoms with van der Waals surface area (Å²) in [5.41, 5.74) is 0.540. The third-order valence-electron chi connectivity index (χ3n) is 1.70. The second-order valence-electron chi connectivity index (χ2n) is 3.89. The standard InChI is InChI=1S/C12H16OS/c1-10-4-6-11(7-5-10)14-9-8-12(2,3)13/h4-9,13H,1-3H3/b9-8+. The molecule has 1 aromatic rings. The minimum atomic E-state index is -0.725. The summed E-state index contributed by atoms with van der Waals surface area (Å²) < 4.78 is 0. The van der Waals surface area contributed by atoms with Gasteiger partial charge in [-0.25, -0.2) is 0 Å². The fourth-order valence-electron chi connectivity index (χ4n) is 0.896. The van der Waals surface area contributed by atoms with E-state index < -0.39 is 5.60 Å². The lowest BCUT2D eigenvalue weighted by molar-refractivity contribution is 0.133. The zero-order valence-electron chi connectivity index (χ0n) is 8.82. The Labute approximate surface area is 89.8 Å². The van der Waals surface area contributed by atoms with E-state index in [1.807, 2.05) is 5.41 Å². The smallest absolute Gasteiger partial charge is 0.0779 e. The molecule has 0 atom stereocenters. The second-order valence-corrected chi connectivity index (χ2v) is 4.87. The highest BCUT2D eigenvalue weighted by molar-refractivity contribution is 8.02. The van der Waals surface area contributed by atoms with Gasteiger partial charge in [-0.2, -0.15) is 0 Å². The molecule has 0 spiro atoms. The third kappa shape index (κ3) is 4.49. The summed E-state index contributed by atoms with van der Waals surface area (Å²) in [5.74, 6) is 0. The maximum Gasteiger partial charge on any atom is 0.0779 e. The molecular weight excluding hydrogens is 192 g/mol. The van der Waals surface area contributed by atoms with Gasteiger partial charge in [0.25, 0.3) is 0 Å². The Kier molecular flexibility index (Phi) is 3.78. The van der Waals surface area contributed by atoms with Crippen LogP contribution in [0.25, 0.3) is 0 Å². The van der Waals surface area contributed by atoms with Crippen LogP contribution in [0.15, 0.2) is 40.6 Å². The lowest BCUT2D eigenvalue weighted by Crippen LogP contribution is -2.13. The first-order chi connectivity index (χ1) is 6.47. The Morgan fingerprint density at radius 2 is 1.79 bits per heavy atom. The molecule has 0 aliphatic carbocycles. The van der Waals surface area contributed by atoms with Crippen molar-refractivity contribution in [2.45, 2.75) is 31.3 Å². The van der Waals surface area contributed by atoms with E-state index in [-0.39, 0.29) is 0 Å². The Bertz CT molecular complexity index is 306. The predicted octanol–water partition coefficient (Wildman–Crippen LogP) is 3.37. The number of aryl methyl sites for hydroxylation is 1. The maximum absolute atomic E-state index is 9.44. The molecule has 2 heteroatoms. The van der Waals surface area contributed by atoms with Crippen molar-refractivity contribution in [2.24, 2.45) is 0 Å². The van der Waals surface area contributed by atoms with Crippen LogP contribution in [0.4, 0.5) is 0 Å². The number of hydrogen-bond acceptors (Lipinski definition) is 2. The van der Waals surface area contributed by atoms with E-state index in [2.05, 4.69) is 31.2 Å². The molecule has 0 saturated carbocycles. The molecule has 0 radical (unpaired) electrons. The molecule has 14 heavy (non-hydrogen) atoms. The third-order valence-corrected chi connectivity index (χ3v) is 2.52. The first kappa shape index (κ1) is 11.3. The van der Waals surface area contributed by atoms with E-state index in [1.54, 1.807) is 31.7 Å². The van der Waals surface area contributed by atoms with Crippen molar-refractivity contribution in [1.29, 1.82) is 0 Å². The normalized spacial score (nSPS) is 12.3. The summed E-state index contributed by atoms with van der Waals surface area (Å²) in [7, 11) is 0. The van der Waals surface area contributed by atoms with Crippen LogP contribution in [-0.2, 0) is 0 Å². The first-order valence-electron chi connectivity index (χ1n) is 4.61. The average molecular weight is 208 g/mol. The molecule has 0 unspecified atom stereocenters. The van der Waals surface area contributed by atoms with Crippen molar-refractivity contribution >= 4 is 11.8 Å². The summed E-state index contributed by atoms with van der Waals surface area (Å²) in [6.07, 6.45) is 1.79. The van der Waals surface area contributed by atoms with Gasteiger partial charge in [-0.1, -0.05) is 29.5 Å². The fourth-order valence-corrected chi connectivity index (χ4v) is 1.75. The van der Waals surface area contributed by atoms with Crippen molar-refractivity contribution in [3.8, 4) is 0 Å². The molecule has 0 saturated heterocycles. The molecule has 0 heterocycles. The summed E-state index contributed by atoms with van der Waals surface area (Å²) >= 11 is 1.62. The minimum Gasteiger partial charge on any atom is -0.386 e. The van der Waals surface area contributed by atoms with Crippen LogP contribution >= 0.6 is 11.8 Å². The van der Waals surface area contributed by atoms with E-state index in [1.165, 1.54) is 10.5 Å². The summed E-state index contributed by atoms with van der Waals surface area (Å²) in [4.78, 5) is 1.19. The van der Waals surface area contributed by atoms with Crippen LogP contribution in [-0.4, -0.2) is 10.7 Å². The molecule has 1 rings (SSSR count). The van der Waals surface area contributed by atoms with Gasteiger partial charge in [0.1, 0.15) is 0 Å². The molecule has 1 aromatic carbocycles. The van der Waals surface area contributed by atoms with E-state index in [9.17, 15) is 5.11 Å². The molecule has 76 valence electrons. The lowest BCUT2D eigenvalue weighted by atomic mass is 10.1. The van der Waals surface area contributed by atoms with Crippen molar-refractivity contribution < 1.29 is 5.11 Å². The largest absolute Gasteiger partial charge is 0.386 e. The number of rotatable bonds is 3. The molecule has 0 aliphatic rings. The summed E-state index contributed by atoms with van der Waals surface area (Å²) in [5, 5.41) is 11.4. The molecule has 0 bridgehead atoms. The SMILES string of the molecule is Cc1ccc(S/C=C/C(C)(C)O)cc1. The topological polar surface area (TPSA) is 20.2 Å². The maximum atomic E-state index is 9.44. The van der Waals surface area contributed by atoms with Crippen LogP contribution in [0.1, 0.15) is 19.4 Å². The van der Waals surface area contributed by atoms with Crippen LogP contribution in [0, 0.1) is 6.92 Å². The van der Waals surface area contributed by atoms with Crippen LogP contribution in [0.2, 0.25) is 0 Å². The lowest BCUT2D eigenvalue weighted by Gasteiger charge is -2.09. The van der Waals surface area contributed by atoms with Gasteiger partial charge in [-0.3, -0.25) is 0 Å². The molecule has 0 aromatic heterocycles.